The number of sulfone groups is 1. The number of carbonyl (C=O) groups is 1. The van der Waals surface area contributed by atoms with Gasteiger partial charge in [-0.1, -0.05) is 0 Å². The first kappa shape index (κ1) is 13.0. The molecular formula is C9H12N2O3S2. The van der Waals surface area contributed by atoms with Crippen molar-refractivity contribution in [2.75, 3.05) is 12.0 Å². The van der Waals surface area contributed by atoms with E-state index in [-0.39, 0.29) is 16.6 Å². The van der Waals surface area contributed by atoms with Crippen LogP contribution in [0.1, 0.15) is 0 Å². The van der Waals surface area contributed by atoms with E-state index in [0.717, 1.165) is 11.2 Å². The SMILES string of the molecule is CS(=O)(=O)c1ccc(SCC(=O)NN)cc1. The smallest absolute Gasteiger partial charge is 0.244 e. The van der Waals surface area contributed by atoms with Crippen LogP contribution in [0.3, 0.4) is 0 Å². The molecule has 16 heavy (non-hydrogen) atoms. The molecule has 0 radical (unpaired) electrons. The first-order valence-corrected chi connectivity index (χ1v) is 7.23. The van der Waals surface area contributed by atoms with E-state index in [0.29, 0.717) is 0 Å². The molecule has 0 aliphatic heterocycles. The van der Waals surface area contributed by atoms with E-state index in [9.17, 15) is 13.2 Å². The second-order valence-corrected chi connectivity index (χ2v) is 6.16. The van der Waals surface area contributed by atoms with Gasteiger partial charge >= 0.3 is 0 Å². The van der Waals surface area contributed by atoms with E-state index < -0.39 is 9.84 Å². The Bertz CT molecular complexity index is 468. The molecule has 0 saturated carbocycles. The first-order chi connectivity index (χ1) is 7.43. The van der Waals surface area contributed by atoms with Crippen LogP contribution in [0.25, 0.3) is 0 Å². The zero-order valence-electron chi connectivity index (χ0n) is 8.64. The van der Waals surface area contributed by atoms with E-state index in [2.05, 4.69) is 0 Å². The molecule has 0 bridgehead atoms. The van der Waals surface area contributed by atoms with Gasteiger partial charge in [0.1, 0.15) is 0 Å². The summed E-state index contributed by atoms with van der Waals surface area (Å²) < 4.78 is 22.3. The zero-order chi connectivity index (χ0) is 12.2. The molecule has 0 unspecified atom stereocenters. The Morgan fingerprint density at radius 2 is 1.94 bits per heavy atom. The molecule has 88 valence electrons. The Kier molecular flexibility index (Phi) is 4.34. The third-order valence-electron chi connectivity index (χ3n) is 1.78. The number of carbonyl (C=O) groups excluding carboxylic acids is 1. The van der Waals surface area contributed by atoms with Crippen molar-refractivity contribution in [1.82, 2.24) is 5.43 Å². The quantitative estimate of drug-likeness (QED) is 0.349. The summed E-state index contributed by atoms with van der Waals surface area (Å²) in [6.45, 7) is 0. The van der Waals surface area contributed by atoms with Crippen molar-refractivity contribution >= 4 is 27.5 Å². The molecule has 7 heteroatoms. The van der Waals surface area contributed by atoms with Crippen LogP contribution in [0.5, 0.6) is 0 Å². The van der Waals surface area contributed by atoms with Crippen LogP contribution in [-0.2, 0) is 14.6 Å². The highest BCUT2D eigenvalue weighted by Gasteiger charge is 2.06. The first-order valence-electron chi connectivity index (χ1n) is 4.36. The molecule has 0 heterocycles. The lowest BCUT2D eigenvalue weighted by Crippen LogP contribution is -2.31. The van der Waals surface area contributed by atoms with Crippen molar-refractivity contribution in [3.63, 3.8) is 0 Å². The van der Waals surface area contributed by atoms with Crippen molar-refractivity contribution in [2.24, 2.45) is 5.84 Å². The Labute approximate surface area is 98.3 Å². The fraction of sp³-hybridized carbons (Fsp3) is 0.222. The van der Waals surface area contributed by atoms with Crippen LogP contribution in [0.15, 0.2) is 34.1 Å². The molecule has 0 saturated heterocycles. The number of hydrazine groups is 1. The zero-order valence-corrected chi connectivity index (χ0v) is 10.3. The molecule has 0 spiro atoms. The van der Waals surface area contributed by atoms with Gasteiger partial charge in [-0.3, -0.25) is 10.2 Å². The number of hydrogen-bond donors (Lipinski definition) is 2. The molecule has 0 aliphatic rings. The number of hydrogen-bond acceptors (Lipinski definition) is 5. The third-order valence-corrected chi connectivity index (χ3v) is 3.92. The van der Waals surface area contributed by atoms with Crippen LogP contribution in [0.4, 0.5) is 0 Å². The van der Waals surface area contributed by atoms with E-state index >= 15 is 0 Å². The normalized spacial score (nSPS) is 11.1. The number of thioether (sulfide) groups is 1. The van der Waals surface area contributed by atoms with Crippen LogP contribution >= 0.6 is 11.8 Å². The largest absolute Gasteiger partial charge is 0.294 e. The van der Waals surface area contributed by atoms with Crippen LogP contribution < -0.4 is 11.3 Å². The van der Waals surface area contributed by atoms with Gasteiger partial charge < -0.3 is 0 Å². The highest BCUT2D eigenvalue weighted by Crippen LogP contribution is 2.19. The average molecular weight is 260 g/mol. The van der Waals surface area contributed by atoms with Crippen LogP contribution in [-0.4, -0.2) is 26.3 Å². The number of benzene rings is 1. The van der Waals surface area contributed by atoms with E-state index in [1.807, 2.05) is 5.43 Å². The van der Waals surface area contributed by atoms with Gasteiger partial charge in [0, 0.05) is 11.2 Å². The summed E-state index contributed by atoms with van der Waals surface area (Å²) in [7, 11) is -3.16. The lowest BCUT2D eigenvalue weighted by molar-refractivity contribution is -0.118. The van der Waals surface area contributed by atoms with Gasteiger partial charge in [-0.15, -0.1) is 11.8 Å². The number of rotatable bonds is 4. The molecule has 5 nitrogen and oxygen atoms in total. The Morgan fingerprint density at radius 3 is 2.38 bits per heavy atom. The lowest BCUT2D eigenvalue weighted by Gasteiger charge is -2.02. The number of amides is 1. The predicted octanol–water partition coefficient (Wildman–Crippen LogP) is 0.172. The standard InChI is InChI=1S/C9H12N2O3S2/c1-16(13,14)8-4-2-7(3-5-8)15-6-9(12)11-10/h2-5H,6,10H2,1H3,(H,11,12). The molecule has 1 rings (SSSR count). The van der Waals surface area contributed by atoms with Gasteiger partial charge in [-0.2, -0.15) is 0 Å². The van der Waals surface area contributed by atoms with E-state index in [1.54, 1.807) is 12.1 Å². The molecule has 0 fully saturated rings. The van der Waals surface area contributed by atoms with Gasteiger partial charge in [-0.05, 0) is 24.3 Å². The number of nitrogens with two attached hydrogens (primary N) is 1. The fourth-order valence-electron chi connectivity index (χ4n) is 0.974. The molecule has 0 aliphatic carbocycles. The van der Waals surface area contributed by atoms with Crippen molar-refractivity contribution in [3.05, 3.63) is 24.3 Å². The minimum absolute atomic E-state index is 0.203. The van der Waals surface area contributed by atoms with E-state index in [1.165, 1.54) is 23.9 Å². The Balaban J connectivity index is 2.69. The Morgan fingerprint density at radius 1 is 1.38 bits per heavy atom. The second kappa shape index (κ2) is 5.33. The monoisotopic (exact) mass is 260 g/mol. The third kappa shape index (κ3) is 3.84. The summed E-state index contributed by atoms with van der Waals surface area (Å²) in [6, 6.07) is 6.34. The van der Waals surface area contributed by atoms with Gasteiger partial charge in [0.25, 0.3) is 0 Å². The van der Waals surface area contributed by atoms with Crippen LogP contribution in [0, 0.1) is 0 Å². The minimum atomic E-state index is -3.16. The van der Waals surface area contributed by atoms with Crippen molar-refractivity contribution < 1.29 is 13.2 Å². The van der Waals surface area contributed by atoms with Crippen molar-refractivity contribution in [1.29, 1.82) is 0 Å². The van der Waals surface area contributed by atoms with Crippen molar-refractivity contribution in [2.45, 2.75) is 9.79 Å². The molecule has 1 amide bonds. The second-order valence-electron chi connectivity index (χ2n) is 3.10. The average Bonchev–Trinajstić information content (AvgIpc) is 2.25. The maximum Gasteiger partial charge on any atom is 0.244 e. The molecule has 3 N–H and O–H groups in total. The van der Waals surface area contributed by atoms with Gasteiger partial charge in [0.15, 0.2) is 9.84 Å². The number of nitrogens with one attached hydrogen (secondary N) is 1. The summed E-state index contributed by atoms with van der Waals surface area (Å²) >= 11 is 1.29. The van der Waals surface area contributed by atoms with Gasteiger partial charge in [0.05, 0.1) is 10.6 Å². The van der Waals surface area contributed by atoms with Gasteiger partial charge in [0.2, 0.25) is 5.91 Å². The topological polar surface area (TPSA) is 89.3 Å². The summed E-state index contributed by atoms with van der Waals surface area (Å²) in [4.78, 5) is 11.9. The molecule has 1 aromatic carbocycles. The van der Waals surface area contributed by atoms with Crippen molar-refractivity contribution in [3.8, 4) is 0 Å². The highest BCUT2D eigenvalue weighted by molar-refractivity contribution is 8.00. The van der Waals surface area contributed by atoms with Crippen LogP contribution in [0.2, 0.25) is 0 Å². The summed E-state index contributed by atoms with van der Waals surface area (Å²) in [5, 5.41) is 0. The highest BCUT2D eigenvalue weighted by atomic mass is 32.2. The minimum Gasteiger partial charge on any atom is -0.294 e. The predicted molar refractivity (Wildman–Crippen MR) is 62.6 cm³/mol. The summed E-state index contributed by atoms with van der Waals surface area (Å²) in [5.41, 5.74) is 2.02. The van der Waals surface area contributed by atoms with Gasteiger partial charge in [-0.25, -0.2) is 14.3 Å². The maximum atomic E-state index is 11.2. The molecule has 1 aromatic rings. The molecular weight excluding hydrogens is 248 g/mol. The summed E-state index contributed by atoms with van der Waals surface area (Å²) in [5.74, 6) is 4.85. The van der Waals surface area contributed by atoms with E-state index in [4.69, 9.17) is 5.84 Å². The molecule has 0 atom stereocenters. The Hall–Kier alpha value is -1.05. The molecule has 0 aromatic heterocycles. The summed E-state index contributed by atoms with van der Waals surface area (Å²) in [6.07, 6.45) is 1.15. The maximum absolute atomic E-state index is 11.2. The fourth-order valence-corrected chi connectivity index (χ4v) is 2.31. The lowest BCUT2D eigenvalue weighted by atomic mass is 10.4.